The molecule has 0 aromatic carbocycles. The summed E-state index contributed by atoms with van der Waals surface area (Å²) in [6.07, 6.45) is 8.78. The zero-order valence-electron chi connectivity index (χ0n) is 17.8. The van der Waals surface area contributed by atoms with E-state index in [1.165, 1.54) is 32.1 Å². The average molecular weight is 496 g/mol. The van der Waals surface area contributed by atoms with Crippen molar-refractivity contribution < 1.29 is 9.47 Å². The van der Waals surface area contributed by atoms with Gasteiger partial charge < -0.3 is 25.0 Å². The van der Waals surface area contributed by atoms with E-state index in [1.54, 1.807) is 0 Å². The molecule has 0 spiro atoms. The fourth-order valence-electron chi connectivity index (χ4n) is 4.20. The third-order valence-corrected chi connectivity index (χ3v) is 5.91. The van der Waals surface area contributed by atoms with Crippen molar-refractivity contribution in [2.24, 2.45) is 10.9 Å². The molecule has 2 rings (SSSR count). The molecule has 7 heteroatoms. The first-order valence-corrected chi connectivity index (χ1v) is 10.4. The Labute approximate surface area is 183 Å². The molecular weight excluding hydrogens is 455 g/mol. The molecule has 2 fully saturated rings. The zero-order chi connectivity index (χ0) is 18.8. The molecule has 1 heterocycles. The van der Waals surface area contributed by atoms with Crippen molar-refractivity contribution in [3.8, 4) is 0 Å². The molecule has 0 bridgehead atoms. The van der Waals surface area contributed by atoms with Crippen LogP contribution in [0, 0.1) is 5.92 Å². The molecule has 1 aliphatic heterocycles. The summed E-state index contributed by atoms with van der Waals surface area (Å²) < 4.78 is 11.3. The Bertz CT molecular complexity index is 430. The van der Waals surface area contributed by atoms with Gasteiger partial charge in [0.2, 0.25) is 0 Å². The second kappa shape index (κ2) is 13.2. The van der Waals surface area contributed by atoms with Gasteiger partial charge in [-0.2, -0.15) is 0 Å². The summed E-state index contributed by atoms with van der Waals surface area (Å²) in [5.41, 5.74) is 0.236. The average Bonchev–Trinajstić information content (AvgIpc) is 3.13. The Morgan fingerprint density at radius 1 is 1.26 bits per heavy atom. The van der Waals surface area contributed by atoms with E-state index in [1.807, 2.05) is 7.05 Å². The van der Waals surface area contributed by atoms with Crippen LogP contribution in [-0.2, 0) is 9.47 Å². The van der Waals surface area contributed by atoms with Gasteiger partial charge in [0.15, 0.2) is 5.96 Å². The highest BCUT2D eigenvalue weighted by molar-refractivity contribution is 14.0. The van der Waals surface area contributed by atoms with Crippen molar-refractivity contribution in [2.75, 3.05) is 54.1 Å². The van der Waals surface area contributed by atoms with Crippen molar-refractivity contribution in [1.29, 1.82) is 0 Å². The SMILES string of the molecule is CN=C(NCCCOCC1CCCO1)NCC1(N(C)C)CCCC(C)C1.I. The van der Waals surface area contributed by atoms with Crippen molar-refractivity contribution in [3.63, 3.8) is 0 Å². The van der Waals surface area contributed by atoms with Gasteiger partial charge in [-0.05, 0) is 52.1 Å². The maximum absolute atomic E-state index is 5.72. The van der Waals surface area contributed by atoms with Crippen molar-refractivity contribution in [1.82, 2.24) is 15.5 Å². The smallest absolute Gasteiger partial charge is 0.191 e. The molecule has 3 atom stereocenters. The first kappa shape index (κ1) is 24.9. The lowest BCUT2D eigenvalue weighted by molar-refractivity contribution is 0.0168. The van der Waals surface area contributed by atoms with E-state index in [2.05, 4.69) is 41.5 Å². The number of guanidine groups is 1. The number of ether oxygens (including phenoxy) is 2. The second-order valence-corrected chi connectivity index (χ2v) is 8.24. The van der Waals surface area contributed by atoms with Gasteiger partial charge in [0.05, 0.1) is 12.7 Å². The number of hydrogen-bond donors (Lipinski definition) is 2. The monoisotopic (exact) mass is 496 g/mol. The lowest BCUT2D eigenvalue weighted by Gasteiger charge is -2.45. The van der Waals surface area contributed by atoms with Gasteiger partial charge in [0.1, 0.15) is 0 Å². The summed E-state index contributed by atoms with van der Waals surface area (Å²) in [6.45, 7) is 6.58. The molecule has 0 aromatic heterocycles. The van der Waals surface area contributed by atoms with Crippen molar-refractivity contribution >= 4 is 29.9 Å². The summed E-state index contributed by atoms with van der Waals surface area (Å²) >= 11 is 0. The van der Waals surface area contributed by atoms with Gasteiger partial charge in [-0.1, -0.05) is 19.8 Å². The molecule has 6 nitrogen and oxygen atoms in total. The largest absolute Gasteiger partial charge is 0.379 e. The number of rotatable bonds is 9. The molecule has 0 amide bonds. The van der Waals surface area contributed by atoms with Gasteiger partial charge in [-0.25, -0.2) is 0 Å². The van der Waals surface area contributed by atoms with Crippen LogP contribution in [0.3, 0.4) is 0 Å². The molecule has 160 valence electrons. The minimum Gasteiger partial charge on any atom is -0.379 e. The van der Waals surface area contributed by atoms with E-state index in [-0.39, 0.29) is 29.5 Å². The standard InChI is InChI=1S/C20H40N4O2.HI/c1-17-8-5-10-20(14-17,24(3)4)16-23-19(21-2)22-11-7-12-25-15-18-9-6-13-26-18;/h17-18H,5-16H2,1-4H3,(H2,21,22,23);1H. The second-order valence-electron chi connectivity index (χ2n) is 8.24. The normalized spacial score (nSPS) is 28.9. The van der Waals surface area contributed by atoms with E-state index in [0.717, 1.165) is 57.6 Å². The predicted octanol–water partition coefficient (Wildman–Crippen LogP) is 2.87. The Balaban J connectivity index is 0.00000364. The molecule has 3 unspecified atom stereocenters. The highest BCUT2D eigenvalue weighted by Gasteiger charge is 2.36. The van der Waals surface area contributed by atoms with E-state index in [0.29, 0.717) is 6.10 Å². The highest BCUT2D eigenvalue weighted by Crippen LogP contribution is 2.35. The molecule has 1 aliphatic carbocycles. The van der Waals surface area contributed by atoms with Crippen LogP contribution in [-0.4, -0.2) is 76.6 Å². The zero-order valence-corrected chi connectivity index (χ0v) is 20.1. The summed E-state index contributed by atoms with van der Waals surface area (Å²) in [5, 5.41) is 6.97. The van der Waals surface area contributed by atoms with Gasteiger partial charge in [-0.3, -0.25) is 4.99 Å². The van der Waals surface area contributed by atoms with Crippen LogP contribution in [0.1, 0.15) is 51.9 Å². The highest BCUT2D eigenvalue weighted by atomic mass is 127. The molecular formula is C20H41IN4O2. The summed E-state index contributed by atoms with van der Waals surface area (Å²) in [5.74, 6) is 1.69. The van der Waals surface area contributed by atoms with Crippen LogP contribution in [0.2, 0.25) is 0 Å². The van der Waals surface area contributed by atoms with Gasteiger partial charge in [0.25, 0.3) is 0 Å². The fourth-order valence-corrected chi connectivity index (χ4v) is 4.20. The number of halogens is 1. The minimum atomic E-state index is 0. The van der Waals surface area contributed by atoms with Gasteiger partial charge >= 0.3 is 0 Å². The van der Waals surface area contributed by atoms with Crippen LogP contribution >= 0.6 is 24.0 Å². The van der Waals surface area contributed by atoms with E-state index < -0.39 is 0 Å². The van der Waals surface area contributed by atoms with E-state index in [4.69, 9.17) is 9.47 Å². The molecule has 2 aliphatic rings. The summed E-state index contributed by atoms with van der Waals surface area (Å²) in [4.78, 5) is 6.78. The Kier molecular flexibility index (Phi) is 12.2. The van der Waals surface area contributed by atoms with Crippen LogP contribution in [0.4, 0.5) is 0 Å². The lowest BCUT2D eigenvalue weighted by Crippen LogP contribution is -2.56. The summed E-state index contributed by atoms with van der Waals surface area (Å²) in [7, 11) is 6.26. The van der Waals surface area contributed by atoms with E-state index >= 15 is 0 Å². The Morgan fingerprint density at radius 2 is 2.07 bits per heavy atom. The number of nitrogens with zero attached hydrogens (tertiary/aromatic N) is 2. The summed E-state index contributed by atoms with van der Waals surface area (Å²) in [6, 6.07) is 0. The maximum Gasteiger partial charge on any atom is 0.191 e. The topological polar surface area (TPSA) is 58.1 Å². The van der Waals surface area contributed by atoms with Crippen molar-refractivity contribution in [2.45, 2.75) is 63.5 Å². The molecule has 27 heavy (non-hydrogen) atoms. The van der Waals surface area contributed by atoms with Crippen LogP contribution in [0.5, 0.6) is 0 Å². The lowest BCUT2D eigenvalue weighted by atomic mass is 9.75. The molecule has 1 saturated heterocycles. The third kappa shape index (κ3) is 8.41. The molecule has 0 radical (unpaired) electrons. The fraction of sp³-hybridized carbons (Fsp3) is 0.950. The minimum absolute atomic E-state index is 0. The Hall–Kier alpha value is -0.120. The predicted molar refractivity (Wildman–Crippen MR) is 123 cm³/mol. The number of aliphatic imine (C=N–C) groups is 1. The van der Waals surface area contributed by atoms with Gasteiger partial charge in [0, 0.05) is 38.9 Å². The Morgan fingerprint density at radius 3 is 2.70 bits per heavy atom. The maximum atomic E-state index is 5.72. The molecule has 1 saturated carbocycles. The first-order chi connectivity index (χ1) is 12.6. The van der Waals surface area contributed by atoms with E-state index in [9.17, 15) is 0 Å². The quantitative estimate of drug-likeness (QED) is 0.223. The number of nitrogens with one attached hydrogen (secondary N) is 2. The van der Waals surface area contributed by atoms with Crippen molar-refractivity contribution in [3.05, 3.63) is 0 Å². The van der Waals surface area contributed by atoms with Crippen LogP contribution in [0.25, 0.3) is 0 Å². The third-order valence-electron chi connectivity index (χ3n) is 5.91. The number of likely N-dealkylation sites (N-methyl/N-ethyl adjacent to an activating group) is 1. The molecule has 0 aromatic rings. The van der Waals surface area contributed by atoms with Crippen LogP contribution < -0.4 is 10.6 Å². The van der Waals surface area contributed by atoms with Crippen LogP contribution in [0.15, 0.2) is 4.99 Å². The van der Waals surface area contributed by atoms with Gasteiger partial charge in [-0.15, -0.1) is 24.0 Å². The molecule has 2 N–H and O–H groups in total. The number of hydrogen-bond acceptors (Lipinski definition) is 4. The first-order valence-electron chi connectivity index (χ1n) is 10.4.